The van der Waals surface area contributed by atoms with E-state index in [0.29, 0.717) is 13.0 Å². The average molecular weight is 126 g/mol. The van der Waals surface area contributed by atoms with E-state index in [9.17, 15) is 9.59 Å². The van der Waals surface area contributed by atoms with Crippen molar-refractivity contribution in [3.8, 4) is 0 Å². The summed E-state index contributed by atoms with van der Waals surface area (Å²) in [4.78, 5) is 20.2. The number of carbonyl (C=O) groups is 1. The van der Waals surface area contributed by atoms with E-state index in [1.807, 2.05) is 0 Å². The van der Waals surface area contributed by atoms with Crippen molar-refractivity contribution in [3.63, 3.8) is 0 Å². The van der Waals surface area contributed by atoms with Crippen molar-refractivity contribution in [2.24, 2.45) is 5.10 Å². The molecule has 0 bridgehead atoms. The largest absolute Gasteiger partial charge is 0.273 e. The van der Waals surface area contributed by atoms with Gasteiger partial charge in [-0.25, -0.2) is 9.80 Å². The standard InChI is InChI=1S/C5H6N2O2/c8-4-6-7-3-1-2-5(7)9/h1-3H2. The highest BCUT2D eigenvalue weighted by Gasteiger charge is 2.18. The van der Waals surface area contributed by atoms with Crippen LogP contribution in [-0.4, -0.2) is 23.5 Å². The van der Waals surface area contributed by atoms with Crippen molar-refractivity contribution in [2.45, 2.75) is 12.8 Å². The van der Waals surface area contributed by atoms with Crippen molar-refractivity contribution in [2.75, 3.05) is 6.54 Å². The summed E-state index contributed by atoms with van der Waals surface area (Å²) in [6.07, 6.45) is 2.62. The van der Waals surface area contributed by atoms with E-state index in [1.54, 1.807) is 0 Å². The molecule has 0 saturated carbocycles. The zero-order valence-corrected chi connectivity index (χ0v) is 4.83. The summed E-state index contributed by atoms with van der Waals surface area (Å²) in [5.74, 6) is -0.0849. The minimum atomic E-state index is -0.0849. The van der Waals surface area contributed by atoms with E-state index >= 15 is 0 Å². The maximum absolute atomic E-state index is 10.6. The van der Waals surface area contributed by atoms with Gasteiger partial charge >= 0.3 is 0 Å². The first-order chi connectivity index (χ1) is 4.34. The van der Waals surface area contributed by atoms with Gasteiger partial charge < -0.3 is 0 Å². The smallest absolute Gasteiger partial charge is 0.258 e. The average Bonchev–Trinajstić information content (AvgIpc) is 2.18. The Morgan fingerprint density at radius 1 is 1.67 bits per heavy atom. The Morgan fingerprint density at radius 3 is 2.89 bits per heavy atom. The Hall–Kier alpha value is -1.15. The third-order valence-electron chi connectivity index (χ3n) is 1.21. The fraction of sp³-hybridized carbons (Fsp3) is 0.600. The molecule has 4 heteroatoms. The van der Waals surface area contributed by atoms with Crippen molar-refractivity contribution in [1.82, 2.24) is 5.01 Å². The molecule has 0 aromatic carbocycles. The van der Waals surface area contributed by atoms with Crippen molar-refractivity contribution in [3.05, 3.63) is 0 Å². The van der Waals surface area contributed by atoms with Gasteiger partial charge in [-0.1, -0.05) is 5.10 Å². The van der Waals surface area contributed by atoms with Crippen LogP contribution >= 0.6 is 0 Å². The first kappa shape index (κ1) is 5.98. The van der Waals surface area contributed by atoms with Gasteiger partial charge in [0.2, 0.25) is 5.91 Å². The van der Waals surface area contributed by atoms with Gasteiger partial charge in [0, 0.05) is 13.0 Å². The first-order valence-electron chi connectivity index (χ1n) is 2.73. The zero-order chi connectivity index (χ0) is 6.69. The van der Waals surface area contributed by atoms with E-state index in [0.717, 1.165) is 11.4 Å². The van der Waals surface area contributed by atoms with E-state index in [1.165, 1.54) is 6.08 Å². The van der Waals surface area contributed by atoms with E-state index < -0.39 is 0 Å². The van der Waals surface area contributed by atoms with Crippen LogP contribution in [0.25, 0.3) is 0 Å². The summed E-state index contributed by atoms with van der Waals surface area (Å²) >= 11 is 0. The molecule has 48 valence electrons. The Kier molecular flexibility index (Phi) is 1.60. The third kappa shape index (κ3) is 1.15. The lowest BCUT2D eigenvalue weighted by Crippen LogP contribution is -2.16. The van der Waals surface area contributed by atoms with Crippen LogP contribution in [0.1, 0.15) is 12.8 Å². The number of hydrazone groups is 1. The first-order valence-corrected chi connectivity index (χ1v) is 2.73. The monoisotopic (exact) mass is 126 g/mol. The lowest BCUT2D eigenvalue weighted by Gasteiger charge is -2.01. The highest BCUT2D eigenvalue weighted by atomic mass is 16.2. The quantitative estimate of drug-likeness (QED) is 0.362. The van der Waals surface area contributed by atoms with Crippen LogP contribution in [0.5, 0.6) is 0 Å². The topological polar surface area (TPSA) is 49.7 Å². The minimum Gasteiger partial charge on any atom is -0.273 e. The molecule has 1 saturated heterocycles. The molecule has 1 amide bonds. The molecule has 0 atom stereocenters. The molecule has 1 fully saturated rings. The summed E-state index contributed by atoms with van der Waals surface area (Å²) in [5, 5.41) is 4.33. The van der Waals surface area contributed by atoms with Crippen LogP contribution in [0.4, 0.5) is 0 Å². The van der Waals surface area contributed by atoms with Gasteiger partial charge in [0.25, 0.3) is 6.08 Å². The zero-order valence-electron chi connectivity index (χ0n) is 4.83. The van der Waals surface area contributed by atoms with Gasteiger partial charge in [-0.2, -0.15) is 0 Å². The highest BCUT2D eigenvalue weighted by molar-refractivity contribution is 5.78. The van der Waals surface area contributed by atoms with E-state index in [-0.39, 0.29) is 5.91 Å². The van der Waals surface area contributed by atoms with Crippen LogP contribution in [-0.2, 0) is 9.59 Å². The second kappa shape index (κ2) is 2.42. The molecule has 1 heterocycles. The molecule has 0 aromatic heterocycles. The summed E-state index contributed by atoms with van der Waals surface area (Å²) in [7, 11) is 0. The number of nitrogens with zero attached hydrogens (tertiary/aromatic N) is 2. The molecule has 4 nitrogen and oxygen atoms in total. The molecule has 0 radical (unpaired) electrons. The highest BCUT2D eigenvalue weighted by Crippen LogP contribution is 2.08. The summed E-state index contributed by atoms with van der Waals surface area (Å²) in [5.41, 5.74) is 0. The molecule has 0 aliphatic carbocycles. The maximum Gasteiger partial charge on any atom is 0.258 e. The lowest BCUT2D eigenvalue weighted by molar-refractivity contribution is -0.127. The lowest BCUT2D eigenvalue weighted by atomic mass is 10.4. The van der Waals surface area contributed by atoms with Gasteiger partial charge in [0.15, 0.2) is 0 Å². The fourth-order valence-corrected chi connectivity index (χ4v) is 0.789. The van der Waals surface area contributed by atoms with Crippen LogP contribution in [0.3, 0.4) is 0 Å². The van der Waals surface area contributed by atoms with Crippen LogP contribution in [0.15, 0.2) is 5.10 Å². The number of amides is 1. The van der Waals surface area contributed by atoms with Crippen LogP contribution in [0, 0.1) is 0 Å². The Bertz CT molecular complexity index is 172. The molecule has 0 aromatic rings. The van der Waals surface area contributed by atoms with Gasteiger partial charge in [0.1, 0.15) is 0 Å². The number of hydrogen-bond donors (Lipinski definition) is 0. The van der Waals surface area contributed by atoms with Crippen LogP contribution < -0.4 is 0 Å². The normalized spacial score (nSPS) is 17.8. The molecule has 0 N–H and O–H groups in total. The predicted octanol–water partition coefficient (Wildman–Crippen LogP) is -0.140. The van der Waals surface area contributed by atoms with Gasteiger partial charge in [0.05, 0.1) is 0 Å². The molecular formula is C5H6N2O2. The number of rotatable bonds is 1. The van der Waals surface area contributed by atoms with E-state index in [4.69, 9.17) is 0 Å². The number of hydrogen-bond acceptors (Lipinski definition) is 3. The predicted molar refractivity (Wildman–Crippen MR) is 29.1 cm³/mol. The Morgan fingerprint density at radius 2 is 2.44 bits per heavy atom. The summed E-state index contributed by atoms with van der Waals surface area (Å²) in [6, 6.07) is 0. The SMILES string of the molecule is O=C=NN1CCCC1=O. The molecule has 1 aliphatic heterocycles. The fourth-order valence-electron chi connectivity index (χ4n) is 0.789. The number of isocyanates is 1. The third-order valence-corrected chi connectivity index (χ3v) is 1.21. The molecule has 9 heavy (non-hydrogen) atoms. The maximum atomic E-state index is 10.6. The van der Waals surface area contributed by atoms with Crippen molar-refractivity contribution < 1.29 is 9.59 Å². The van der Waals surface area contributed by atoms with E-state index in [2.05, 4.69) is 5.10 Å². The van der Waals surface area contributed by atoms with Gasteiger partial charge in [-0.3, -0.25) is 4.79 Å². The second-order valence-electron chi connectivity index (χ2n) is 1.81. The summed E-state index contributed by atoms with van der Waals surface area (Å²) < 4.78 is 0. The van der Waals surface area contributed by atoms with Crippen molar-refractivity contribution >= 4 is 12.0 Å². The Labute approximate surface area is 52.1 Å². The molecule has 1 rings (SSSR count). The molecule has 0 spiro atoms. The van der Waals surface area contributed by atoms with Gasteiger partial charge in [-0.15, -0.1) is 0 Å². The Balaban J connectivity index is 2.59. The molecule has 1 aliphatic rings. The minimum absolute atomic E-state index is 0.0849. The van der Waals surface area contributed by atoms with Crippen molar-refractivity contribution in [1.29, 1.82) is 0 Å². The van der Waals surface area contributed by atoms with Gasteiger partial charge in [-0.05, 0) is 6.42 Å². The second-order valence-corrected chi connectivity index (χ2v) is 1.81. The molecule has 0 unspecified atom stereocenters. The number of carbonyl (C=O) groups excluding carboxylic acids is 2. The molecular weight excluding hydrogens is 120 g/mol. The summed E-state index contributed by atoms with van der Waals surface area (Å²) in [6.45, 7) is 0.564. The van der Waals surface area contributed by atoms with Crippen LogP contribution in [0.2, 0.25) is 0 Å².